The van der Waals surface area contributed by atoms with E-state index in [-0.39, 0.29) is 0 Å². The van der Waals surface area contributed by atoms with Crippen LogP contribution in [0, 0.1) is 0 Å². The zero-order valence-electron chi connectivity index (χ0n) is 12.4. The summed E-state index contributed by atoms with van der Waals surface area (Å²) in [6.45, 7) is 8.58. The van der Waals surface area contributed by atoms with Crippen LogP contribution in [-0.2, 0) is 4.74 Å². The largest absolute Gasteiger partial charge is 0.384 e. The lowest BCUT2D eigenvalue weighted by Crippen LogP contribution is -2.35. The summed E-state index contributed by atoms with van der Waals surface area (Å²) in [6, 6.07) is 9.27. The highest BCUT2D eigenvalue weighted by atomic mass is 16.5. The molecule has 0 saturated heterocycles. The number of anilines is 1. The number of hydrogen-bond acceptors (Lipinski definition) is 3. The Hall–Kier alpha value is -1.06. The third kappa shape index (κ3) is 3.71. The minimum absolute atomic E-state index is 0.583. The van der Waals surface area contributed by atoms with Gasteiger partial charge in [-0.3, -0.25) is 4.90 Å². The first-order valence-electron chi connectivity index (χ1n) is 7.28. The standard InChI is InChI=1S/C16H26N2O/c1-13(2)18(10-11-19-3)9-8-14-12-17-16-7-5-4-6-15(14)16/h4-7,13-14,17H,8-12H2,1-3H3. The summed E-state index contributed by atoms with van der Waals surface area (Å²) in [5.74, 6) is 0.653. The number of para-hydroxylation sites is 1. The van der Waals surface area contributed by atoms with E-state index in [1.807, 2.05) is 0 Å². The van der Waals surface area contributed by atoms with Crippen LogP contribution in [0.15, 0.2) is 24.3 Å². The van der Waals surface area contributed by atoms with Crippen molar-refractivity contribution in [2.45, 2.75) is 32.2 Å². The highest BCUT2D eigenvalue weighted by Gasteiger charge is 2.22. The van der Waals surface area contributed by atoms with Crippen LogP contribution in [0.3, 0.4) is 0 Å². The fourth-order valence-electron chi connectivity index (χ4n) is 2.77. The van der Waals surface area contributed by atoms with E-state index in [2.05, 4.69) is 48.3 Å². The van der Waals surface area contributed by atoms with Gasteiger partial charge in [-0.25, -0.2) is 0 Å². The van der Waals surface area contributed by atoms with E-state index in [1.165, 1.54) is 17.7 Å². The van der Waals surface area contributed by atoms with Gasteiger partial charge in [-0.15, -0.1) is 0 Å². The van der Waals surface area contributed by atoms with E-state index in [0.29, 0.717) is 12.0 Å². The summed E-state index contributed by atoms with van der Waals surface area (Å²) in [5.41, 5.74) is 2.80. The van der Waals surface area contributed by atoms with Crippen LogP contribution < -0.4 is 5.32 Å². The summed E-state index contributed by atoms with van der Waals surface area (Å²) in [5, 5.41) is 3.50. The second-order valence-electron chi connectivity index (χ2n) is 5.58. The van der Waals surface area contributed by atoms with Gasteiger partial charge in [0.05, 0.1) is 6.61 Å². The van der Waals surface area contributed by atoms with Crippen molar-refractivity contribution in [2.75, 3.05) is 38.7 Å². The van der Waals surface area contributed by atoms with E-state index in [0.717, 1.165) is 26.2 Å². The van der Waals surface area contributed by atoms with Gasteiger partial charge < -0.3 is 10.1 Å². The van der Waals surface area contributed by atoms with Crippen molar-refractivity contribution in [2.24, 2.45) is 0 Å². The van der Waals surface area contributed by atoms with Crippen molar-refractivity contribution in [3.8, 4) is 0 Å². The number of nitrogens with zero attached hydrogens (tertiary/aromatic N) is 1. The van der Waals surface area contributed by atoms with Crippen molar-refractivity contribution < 1.29 is 4.74 Å². The number of fused-ring (bicyclic) bond motifs is 1. The van der Waals surface area contributed by atoms with Gasteiger partial charge in [0.15, 0.2) is 0 Å². The van der Waals surface area contributed by atoms with Crippen LogP contribution in [0.5, 0.6) is 0 Å². The molecule has 0 radical (unpaired) electrons. The smallest absolute Gasteiger partial charge is 0.0589 e. The van der Waals surface area contributed by atoms with E-state index < -0.39 is 0 Å². The van der Waals surface area contributed by atoms with E-state index in [9.17, 15) is 0 Å². The molecular formula is C16H26N2O. The Kier molecular flexibility index (Phi) is 5.23. The Morgan fingerprint density at radius 2 is 2.11 bits per heavy atom. The van der Waals surface area contributed by atoms with Gasteiger partial charge in [-0.2, -0.15) is 0 Å². The summed E-state index contributed by atoms with van der Waals surface area (Å²) in [6.07, 6.45) is 1.21. The fourth-order valence-corrected chi connectivity index (χ4v) is 2.77. The van der Waals surface area contributed by atoms with Crippen LogP contribution in [0.1, 0.15) is 31.7 Å². The normalized spacial score (nSPS) is 17.8. The topological polar surface area (TPSA) is 24.5 Å². The minimum Gasteiger partial charge on any atom is -0.384 e. The second kappa shape index (κ2) is 6.92. The first kappa shape index (κ1) is 14.4. The maximum absolute atomic E-state index is 5.20. The van der Waals surface area contributed by atoms with Crippen LogP contribution in [0.25, 0.3) is 0 Å². The van der Waals surface area contributed by atoms with Crippen molar-refractivity contribution >= 4 is 5.69 Å². The third-order valence-corrected chi connectivity index (χ3v) is 4.02. The molecule has 0 spiro atoms. The van der Waals surface area contributed by atoms with Crippen LogP contribution in [-0.4, -0.2) is 44.3 Å². The maximum Gasteiger partial charge on any atom is 0.0589 e. The summed E-state index contributed by atoms with van der Waals surface area (Å²) in [4.78, 5) is 2.50. The predicted octanol–water partition coefficient (Wildman–Crippen LogP) is 2.94. The van der Waals surface area contributed by atoms with Crippen molar-refractivity contribution in [1.82, 2.24) is 4.90 Å². The molecule has 1 aromatic rings. The monoisotopic (exact) mass is 262 g/mol. The molecule has 1 N–H and O–H groups in total. The molecule has 0 saturated carbocycles. The molecule has 0 aliphatic carbocycles. The fraction of sp³-hybridized carbons (Fsp3) is 0.625. The molecule has 0 fully saturated rings. The van der Waals surface area contributed by atoms with E-state index >= 15 is 0 Å². The molecule has 1 aliphatic rings. The van der Waals surface area contributed by atoms with Gasteiger partial charge in [0.2, 0.25) is 0 Å². The molecule has 0 bridgehead atoms. The predicted molar refractivity (Wildman–Crippen MR) is 80.9 cm³/mol. The van der Waals surface area contributed by atoms with Gasteiger partial charge in [-0.05, 0) is 38.4 Å². The third-order valence-electron chi connectivity index (χ3n) is 4.02. The molecule has 2 rings (SSSR count). The van der Waals surface area contributed by atoms with Gasteiger partial charge in [0.25, 0.3) is 0 Å². The van der Waals surface area contributed by atoms with Crippen molar-refractivity contribution in [3.63, 3.8) is 0 Å². The summed E-state index contributed by atoms with van der Waals surface area (Å²) >= 11 is 0. The number of hydrogen-bond donors (Lipinski definition) is 1. The molecule has 1 aromatic carbocycles. The number of methoxy groups -OCH3 is 1. The average molecular weight is 262 g/mol. The Labute approximate surface area is 116 Å². The zero-order chi connectivity index (χ0) is 13.7. The first-order valence-corrected chi connectivity index (χ1v) is 7.28. The molecule has 3 heteroatoms. The number of ether oxygens (including phenoxy) is 1. The zero-order valence-corrected chi connectivity index (χ0v) is 12.4. The van der Waals surface area contributed by atoms with Crippen molar-refractivity contribution in [1.29, 1.82) is 0 Å². The molecule has 0 aromatic heterocycles. The average Bonchev–Trinajstić information content (AvgIpc) is 2.82. The lowest BCUT2D eigenvalue weighted by molar-refractivity contribution is 0.127. The van der Waals surface area contributed by atoms with Gasteiger partial charge >= 0.3 is 0 Å². The number of rotatable bonds is 7. The molecular weight excluding hydrogens is 236 g/mol. The molecule has 1 aliphatic heterocycles. The molecule has 19 heavy (non-hydrogen) atoms. The van der Waals surface area contributed by atoms with Gasteiger partial charge in [0.1, 0.15) is 0 Å². The second-order valence-corrected chi connectivity index (χ2v) is 5.58. The highest BCUT2D eigenvalue weighted by molar-refractivity contribution is 5.57. The Morgan fingerprint density at radius 1 is 1.32 bits per heavy atom. The number of benzene rings is 1. The van der Waals surface area contributed by atoms with Gasteiger partial charge in [0, 0.05) is 37.8 Å². The molecule has 1 unspecified atom stereocenters. The lowest BCUT2D eigenvalue weighted by Gasteiger charge is -2.27. The quantitative estimate of drug-likeness (QED) is 0.817. The summed E-state index contributed by atoms with van der Waals surface area (Å²) < 4.78 is 5.20. The van der Waals surface area contributed by atoms with Gasteiger partial charge in [-0.1, -0.05) is 18.2 Å². The number of nitrogens with one attached hydrogen (secondary N) is 1. The van der Waals surface area contributed by atoms with E-state index in [4.69, 9.17) is 4.74 Å². The Balaban J connectivity index is 1.88. The molecule has 1 heterocycles. The summed E-state index contributed by atoms with van der Waals surface area (Å²) in [7, 11) is 1.77. The molecule has 3 nitrogen and oxygen atoms in total. The Morgan fingerprint density at radius 3 is 2.84 bits per heavy atom. The Bertz CT molecular complexity index is 392. The van der Waals surface area contributed by atoms with E-state index in [1.54, 1.807) is 7.11 Å². The SMILES string of the molecule is COCCN(CCC1CNc2ccccc21)C(C)C. The van der Waals surface area contributed by atoms with Crippen LogP contribution >= 0.6 is 0 Å². The van der Waals surface area contributed by atoms with Crippen LogP contribution in [0.2, 0.25) is 0 Å². The molecule has 0 amide bonds. The highest BCUT2D eigenvalue weighted by Crippen LogP contribution is 2.33. The van der Waals surface area contributed by atoms with Crippen molar-refractivity contribution in [3.05, 3.63) is 29.8 Å². The lowest BCUT2D eigenvalue weighted by atomic mass is 9.97. The molecule has 1 atom stereocenters. The first-order chi connectivity index (χ1) is 9.22. The molecule has 106 valence electrons. The minimum atomic E-state index is 0.583. The van der Waals surface area contributed by atoms with Crippen LogP contribution in [0.4, 0.5) is 5.69 Å². The maximum atomic E-state index is 5.20.